The number of aromatic nitrogens is 1. The first kappa shape index (κ1) is 18.2. The molecule has 26 heavy (non-hydrogen) atoms. The van der Waals surface area contributed by atoms with Crippen LogP contribution in [-0.4, -0.2) is 34.0 Å². The van der Waals surface area contributed by atoms with Crippen LogP contribution in [0.4, 0.5) is 4.39 Å². The van der Waals surface area contributed by atoms with Gasteiger partial charge in [0.05, 0.1) is 13.2 Å². The van der Waals surface area contributed by atoms with Crippen molar-refractivity contribution in [2.45, 2.75) is 13.5 Å². The van der Waals surface area contributed by atoms with Gasteiger partial charge in [0.25, 0.3) is 5.91 Å². The predicted molar refractivity (Wildman–Crippen MR) is 101 cm³/mol. The van der Waals surface area contributed by atoms with Crippen molar-refractivity contribution in [2.75, 3.05) is 13.2 Å². The van der Waals surface area contributed by atoms with Gasteiger partial charge in [-0.1, -0.05) is 6.07 Å². The van der Waals surface area contributed by atoms with Crippen LogP contribution in [0.3, 0.4) is 0 Å². The summed E-state index contributed by atoms with van der Waals surface area (Å²) < 4.78 is 14.1. The molecule has 1 N–H and O–H groups in total. The van der Waals surface area contributed by atoms with Gasteiger partial charge in [0, 0.05) is 39.8 Å². The topological polar surface area (TPSA) is 53.4 Å². The van der Waals surface area contributed by atoms with Gasteiger partial charge < -0.3 is 10.0 Å². The molecule has 1 amide bonds. The monoisotopic (exact) mass is 370 g/mol. The van der Waals surface area contributed by atoms with Crippen molar-refractivity contribution in [1.29, 1.82) is 0 Å². The number of amides is 1. The molecular weight excluding hydrogens is 351 g/mol. The Morgan fingerprint density at radius 1 is 1.23 bits per heavy atom. The van der Waals surface area contributed by atoms with Gasteiger partial charge in [0.2, 0.25) is 0 Å². The Morgan fingerprint density at radius 3 is 2.73 bits per heavy atom. The van der Waals surface area contributed by atoms with Crippen molar-refractivity contribution >= 4 is 17.2 Å². The Balaban J connectivity index is 1.90. The summed E-state index contributed by atoms with van der Waals surface area (Å²) in [6.07, 6.45) is 3.27. The van der Waals surface area contributed by atoms with Gasteiger partial charge in [-0.3, -0.25) is 9.78 Å². The van der Waals surface area contributed by atoms with Crippen LogP contribution in [0.2, 0.25) is 0 Å². The largest absolute Gasteiger partial charge is 0.395 e. The maximum Gasteiger partial charge on any atom is 0.254 e. The first-order valence-electron chi connectivity index (χ1n) is 8.23. The molecule has 0 atom stereocenters. The summed E-state index contributed by atoms with van der Waals surface area (Å²) in [5, 5.41) is 9.33. The SMILES string of the molecule is Cc1ccc(CN(CCO)C(=O)c2cc(F)cc(-c3cccnc3)c2)s1. The molecule has 134 valence electrons. The maximum absolute atomic E-state index is 14.1. The van der Waals surface area contributed by atoms with Crippen LogP contribution in [0, 0.1) is 12.7 Å². The van der Waals surface area contributed by atoms with E-state index in [0.717, 1.165) is 15.3 Å². The lowest BCUT2D eigenvalue weighted by Crippen LogP contribution is -2.32. The van der Waals surface area contributed by atoms with Gasteiger partial charge in [-0.05, 0) is 48.9 Å². The molecule has 0 unspecified atom stereocenters. The van der Waals surface area contributed by atoms with Gasteiger partial charge in [-0.15, -0.1) is 11.3 Å². The molecule has 1 aromatic carbocycles. The Morgan fingerprint density at radius 2 is 2.08 bits per heavy atom. The van der Waals surface area contributed by atoms with Crippen LogP contribution in [0.5, 0.6) is 0 Å². The van der Waals surface area contributed by atoms with Crippen molar-refractivity contribution < 1.29 is 14.3 Å². The lowest BCUT2D eigenvalue weighted by atomic mass is 10.0. The summed E-state index contributed by atoms with van der Waals surface area (Å²) in [5.74, 6) is -0.791. The lowest BCUT2D eigenvalue weighted by molar-refractivity contribution is 0.0709. The number of rotatable bonds is 6. The summed E-state index contributed by atoms with van der Waals surface area (Å²) in [6.45, 7) is 2.42. The molecule has 6 heteroatoms. The number of nitrogens with zero attached hydrogens (tertiary/aromatic N) is 2. The van der Waals surface area contributed by atoms with Gasteiger partial charge in [-0.2, -0.15) is 0 Å². The molecule has 0 aliphatic rings. The van der Waals surface area contributed by atoms with Crippen LogP contribution in [-0.2, 0) is 6.54 Å². The maximum atomic E-state index is 14.1. The number of aliphatic hydroxyl groups excluding tert-OH is 1. The number of halogens is 1. The third kappa shape index (κ3) is 4.33. The molecule has 3 aromatic rings. The van der Waals surface area contributed by atoms with Crippen LogP contribution < -0.4 is 0 Å². The lowest BCUT2D eigenvalue weighted by Gasteiger charge is -2.21. The Kier molecular flexibility index (Phi) is 5.75. The highest BCUT2D eigenvalue weighted by Gasteiger charge is 2.18. The first-order valence-corrected chi connectivity index (χ1v) is 9.05. The van der Waals surface area contributed by atoms with E-state index in [1.165, 1.54) is 17.0 Å². The first-order chi connectivity index (χ1) is 12.6. The highest BCUT2D eigenvalue weighted by molar-refractivity contribution is 7.11. The molecule has 2 heterocycles. The zero-order chi connectivity index (χ0) is 18.5. The number of thiophene rings is 1. The number of hydrogen-bond donors (Lipinski definition) is 1. The average Bonchev–Trinajstić information content (AvgIpc) is 3.06. The van der Waals surface area contributed by atoms with Crippen LogP contribution in [0.15, 0.2) is 54.9 Å². The van der Waals surface area contributed by atoms with Gasteiger partial charge in [0.1, 0.15) is 5.82 Å². The van der Waals surface area contributed by atoms with Crippen LogP contribution in [0.25, 0.3) is 11.1 Å². The van der Waals surface area contributed by atoms with Crippen LogP contribution in [0.1, 0.15) is 20.1 Å². The smallest absolute Gasteiger partial charge is 0.254 e. The van der Waals surface area contributed by atoms with E-state index in [0.29, 0.717) is 12.1 Å². The van der Waals surface area contributed by atoms with E-state index in [-0.39, 0.29) is 24.6 Å². The Labute approximate surface area is 155 Å². The standard InChI is InChI=1S/C20H19FN2O2S/c1-14-4-5-19(26-14)13-23(7-8-24)20(25)17-9-16(10-18(21)11-17)15-3-2-6-22-12-15/h2-6,9-12,24H,7-8,13H2,1H3. The fourth-order valence-electron chi connectivity index (χ4n) is 2.73. The van der Waals surface area contributed by atoms with Crippen molar-refractivity contribution in [3.63, 3.8) is 0 Å². The highest BCUT2D eigenvalue weighted by atomic mass is 32.1. The number of aliphatic hydroxyl groups is 1. The van der Waals surface area contributed by atoms with Crippen molar-refractivity contribution in [2.24, 2.45) is 0 Å². The van der Waals surface area contributed by atoms with E-state index < -0.39 is 5.82 Å². The molecule has 0 aliphatic heterocycles. The molecule has 4 nitrogen and oxygen atoms in total. The van der Waals surface area contributed by atoms with E-state index in [1.54, 1.807) is 35.9 Å². The fourth-order valence-corrected chi connectivity index (χ4v) is 3.63. The highest BCUT2D eigenvalue weighted by Crippen LogP contribution is 2.23. The molecule has 0 saturated heterocycles. The summed E-state index contributed by atoms with van der Waals surface area (Å²) in [7, 11) is 0. The van der Waals surface area contributed by atoms with Gasteiger partial charge in [0.15, 0.2) is 0 Å². The second-order valence-electron chi connectivity index (χ2n) is 5.93. The molecule has 0 radical (unpaired) electrons. The van der Waals surface area contributed by atoms with E-state index >= 15 is 0 Å². The molecule has 0 bridgehead atoms. The Bertz CT molecular complexity index is 896. The molecule has 3 rings (SSSR count). The minimum Gasteiger partial charge on any atom is -0.395 e. The second-order valence-corrected chi connectivity index (χ2v) is 7.31. The number of carbonyl (C=O) groups excluding carboxylic acids is 1. The third-order valence-corrected chi connectivity index (χ3v) is 4.92. The van der Waals surface area contributed by atoms with E-state index in [1.807, 2.05) is 25.1 Å². The fraction of sp³-hybridized carbons (Fsp3) is 0.200. The van der Waals surface area contributed by atoms with Crippen molar-refractivity contribution in [3.8, 4) is 11.1 Å². The number of carbonyl (C=O) groups is 1. The van der Waals surface area contributed by atoms with E-state index in [2.05, 4.69) is 4.98 Å². The number of hydrogen-bond acceptors (Lipinski definition) is 4. The van der Waals surface area contributed by atoms with E-state index in [9.17, 15) is 14.3 Å². The molecule has 2 aromatic heterocycles. The number of benzene rings is 1. The number of aryl methyl sites for hydroxylation is 1. The van der Waals surface area contributed by atoms with Gasteiger partial charge in [-0.25, -0.2) is 4.39 Å². The second kappa shape index (κ2) is 8.21. The normalized spacial score (nSPS) is 10.7. The summed E-state index contributed by atoms with van der Waals surface area (Å²) in [4.78, 5) is 20.7. The predicted octanol–water partition coefficient (Wildman–Crippen LogP) is 3.89. The summed E-state index contributed by atoms with van der Waals surface area (Å²) in [6, 6.07) is 11.8. The summed E-state index contributed by atoms with van der Waals surface area (Å²) in [5.41, 5.74) is 1.59. The van der Waals surface area contributed by atoms with Gasteiger partial charge >= 0.3 is 0 Å². The summed E-state index contributed by atoms with van der Waals surface area (Å²) >= 11 is 1.60. The third-order valence-electron chi connectivity index (χ3n) is 3.94. The van der Waals surface area contributed by atoms with Crippen molar-refractivity contribution in [1.82, 2.24) is 9.88 Å². The molecule has 0 saturated carbocycles. The minimum atomic E-state index is -0.481. The van der Waals surface area contributed by atoms with Crippen molar-refractivity contribution in [3.05, 3.63) is 76.0 Å². The molecule has 0 fully saturated rings. The Hall–Kier alpha value is -2.57. The number of pyridine rings is 1. The van der Waals surface area contributed by atoms with E-state index in [4.69, 9.17) is 0 Å². The average molecular weight is 370 g/mol. The zero-order valence-corrected chi connectivity index (χ0v) is 15.2. The molecular formula is C20H19FN2O2S. The molecule has 0 aliphatic carbocycles. The van der Waals surface area contributed by atoms with Crippen LogP contribution >= 0.6 is 11.3 Å². The zero-order valence-electron chi connectivity index (χ0n) is 14.4. The minimum absolute atomic E-state index is 0.152. The quantitative estimate of drug-likeness (QED) is 0.716. The molecule has 0 spiro atoms.